The van der Waals surface area contributed by atoms with E-state index in [2.05, 4.69) is 14.5 Å². The third-order valence-electron chi connectivity index (χ3n) is 3.21. The van der Waals surface area contributed by atoms with Crippen LogP contribution in [-0.2, 0) is 17.2 Å². The molecule has 2 aromatic rings. The molecule has 0 spiro atoms. The number of alkyl halides is 1. The first kappa shape index (κ1) is 11.0. The van der Waals surface area contributed by atoms with Crippen molar-refractivity contribution < 1.29 is 4.74 Å². The fourth-order valence-corrected chi connectivity index (χ4v) is 2.53. The molecule has 1 aliphatic rings. The van der Waals surface area contributed by atoms with Crippen molar-refractivity contribution in [2.45, 2.75) is 18.8 Å². The molecule has 1 aliphatic heterocycles. The minimum atomic E-state index is 0.433. The van der Waals surface area contributed by atoms with Crippen molar-refractivity contribution in [2.24, 2.45) is 5.92 Å². The highest BCUT2D eigenvalue weighted by Crippen LogP contribution is 2.21. The Kier molecular flexibility index (Phi) is 2.99. The number of pyridine rings is 1. The zero-order chi connectivity index (χ0) is 11.7. The maximum Gasteiger partial charge on any atom is 0.124 e. The van der Waals surface area contributed by atoms with Crippen LogP contribution in [0.3, 0.4) is 0 Å². The SMILES string of the molecule is ClCc1nc2cnccc2n1CC1CCOC1. The third-order valence-corrected chi connectivity index (χ3v) is 3.45. The summed E-state index contributed by atoms with van der Waals surface area (Å²) in [6.45, 7) is 2.64. The number of hydrogen-bond donors (Lipinski definition) is 0. The summed E-state index contributed by atoms with van der Waals surface area (Å²) in [5.41, 5.74) is 2.03. The van der Waals surface area contributed by atoms with Gasteiger partial charge in [0.05, 0.1) is 24.2 Å². The summed E-state index contributed by atoms with van der Waals surface area (Å²) in [7, 11) is 0. The lowest BCUT2D eigenvalue weighted by atomic mass is 10.1. The van der Waals surface area contributed by atoms with Gasteiger partial charge in [0.15, 0.2) is 0 Å². The maximum absolute atomic E-state index is 5.95. The van der Waals surface area contributed by atoms with Crippen LogP contribution in [0.15, 0.2) is 18.5 Å². The van der Waals surface area contributed by atoms with Crippen LogP contribution in [0.25, 0.3) is 11.0 Å². The van der Waals surface area contributed by atoms with Crippen molar-refractivity contribution in [2.75, 3.05) is 13.2 Å². The molecule has 2 aromatic heterocycles. The van der Waals surface area contributed by atoms with Crippen molar-refractivity contribution in [3.63, 3.8) is 0 Å². The lowest BCUT2D eigenvalue weighted by Crippen LogP contribution is -2.12. The highest BCUT2D eigenvalue weighted by atomic mass is 35.5. The van der Waals surface area contributed by atoms with E-state index in [-0.39, 0.29) is 0 Å². The van der Waals surface area contributed by atoms with Crippen molar-refractivity contribution in [3.05, 3.63) is 24.3 Å². The summed E-state index contributed by atoms with van der Waals surface area (Å²) in [5, 5.41) is 0. The molecule has 4 nitrogen and oxygen atoms in total. The van der Waals surface area contributed by atoms with Gasteiger partial charge >= 0.3 is 0 Å². The Morgan fingerprint density at radius 1 is 1.53 bits per heavy atom. The molecule has 0 N–H and O–H groups in total. The number of hydrogen-bond acceptors (Lipinski definition) is 3. The van der Waals surface area contributed by atoms with Crippen molar-refractivity contribution in [3.8, 4) is 0 Å². The van der Waals surface area contributed by atoms with Gasteiger partial charge in [-0.25, -0.2) is 4.98 Å². The normalized spacial score (nSPS) is 20.2. The van der Waals surface area contributed by atoms with Crippen LogP contribution in [-0.4, -0.2) is 27.7 Å². The summed E-state index contributed by atoms with van der Waals surface area (Å²) in [4.78, 5) is 8.59. The first-order valence-electron chi connectivity index (χ1n) is 5.81. The van der Waals surface area contributed by atoms with Gasteiger partial charge in [0.25, 0.3) is 0 Å². The molecule has 0 aliphatic carbocycles. The number of fused-ring (bicyclic) bond motifs is 1. The van der Waals surface area contributed by atoms with E-state index >= 15 is 0 Å². The molecule has 0 amide bonds. The molecule has 0 saturated carbocycles. The van der Waals surface area contributed by atoms with Crippen LogP contribution in [0.2, 0.25) is 0 Å². The standard InChI is InChI=1S/C12H14ClN3O/c13-5-12-15-10-6-14-3-1-11(10)16(12)7-9-2-4-17-8-9/h1,3,6,9H,2,4-5,7-8H2. The number of halogens is 1. The van der Waals surface area contributed by atoms with Gasteiger partial charge in [-0.15, -0.1) is 11.6 Å². The molecular weight excluding hydrogens is 238 g/mol. The molecule has 1 atom stereocenters. The molecular formula is C12H14ClN3O. The smallest absolute Gasteiger partial charge is 0.124 e. The number of rotatable bonds is 3. The average Bonchev–Trinajstić information content (AvgIpc) is 2.98. The molecule has 3 heterocycles. The largest absolute Gasteiger partial charge is 0.381 e. The van der Waals surface area contributed by atoms with Gasteiger partial charge in [0.2, 0.25) is 0 Å². The lowest BCUT2D eigenvalue weighted by molar-refractivity contribution is 0.182. The first-order valence-corrected chi connectivity index (χ1v) is 6.35. The van der Waals surface area contributed by atoms with E-state index in [0.717, 1.165) is 43.0 Å². The second-order valence-electron chi connectivity index (χ2n) is 4.37. The molecule has 3 rings (SSSR count). The predicted molar refractivity (Wildman–Crippen MR) is 66.0 cm³/mol. The van der Waals surface area contributed by atoms with Crippen LogP contribution in [0.4, 0.5) is 0 Å². The Morgan fingerprint density at radius 2 is 2.47 bits per heavy atom. The van der Waals surface area contributed by atoms with E-state index in [9.17, 15) is 0 Å². The monoisotopic (exact) mass is 251 g/mol. The van der Waals surface area contributed by atoms with E-state index in [1.54, 1.807) is 12.4 Å². The average molecular weight is 252 g/mol. The van der Waals surface area contributed by atoms with Gasteiger partial charge in [-0.05, 0) is 12.5 Å². The van der Waals surface area contributed by atoms with Gasteiger partial charge in [0.1, 0.15) is 11.3 Å². The summed E-state index contributed by atoms with van der Waals surface area (Å²) < 4.78 is 7.61. The van der Waals surface area contributed by atoms with Crippen LogP contribution in [0.1, 0.15) is 12.2 Å². The second-order valence-corrected chi connectivity index (χ2v) is 4.63. The fraction of sp³-hybridized carbons (Fsp3) is 0.500. The molecule has 1 saturated heterocycles. The Balaban J connectivity index is 1.99. The van der Waals surface area contributed by atoms with Crippen LogP contribution >= 0.6 is 11.6 Å². The molecule has 5 heteroatoms. The molecule has 0 radical (unpaired) electrons. The van der Waals surface area contributed by atoms with Gasteiger partial charge in [0, 0.05) is 25.3 Å². The van der Waals surface area contributed by atoms with Crippen molar-refractivity contribution in [1.29, 1.82) is 0 Å². The number of ether oxygens (including phenoxy) is 1. The number of imidazole rings is 1. The van der Waals surface area contributed by atoms with Gasteiger partial charge < -0.3 is 9.30 Å². The number of nitrogens with zero attached hydrogens (tertiary/aromatic N) is 3. The molecule has 1 fully saturated rings. The Morgan fingerprint density at radius 3 is 3.24 bits per heavy atom. The second kappa shape index (κ2) is 4.63. The topological polar surface area (TPSA) is 39.9 Å². The van der Waals surface area contributed by atoms with E-state index in [0.29, 0.717) is 11.8 Å². The zero-order valence-corrected chi connectivity index (χ0v) is 10.2. The van der Waals surface area contributed by atoms with Crippen molar-refractivity contribution >= 4 is 22.6 Å². The minimum Gasteiger partial charge on any atom is -0.381 e. The van der Waals surface area contributed by atoms with Crippen LogP contribution in [0, 0.1) is 5.92 Å². The number of aromatic nitrogens is 3. The van der Waals surface area contributed by atoms with E-state index in [4.69, 9.17) is 16.3 Å². The van der Waals surface area contributed by atoms with Gasteiger partial charge in [-0.2, -0.15) is 0 Å². The fourth-order valence-electron chi connectivity index (χ4n) is 2.32. The molecule has 17 heavy (non-hydrogen) atoms. The summed E-state index contributed by atoms with van der Waals surface area (Å²) >= 11 is 5.95. The van der Waals surface area contributed by atoms with Gasteiger partial charge in [-0.1, -0.05) is 0 Å². The van der Waals surface area contributed by atoms with Crippen molar-refractivity contribution in [1.82, 2.24) is 14.5 Å². The van der Waals surface area contributed by atoms with Crippen LogP contribution in [0.5, 0.6) is 0 Å². The van der Waals surface area contributed by atoms with Gasteiger partial charge in [-0.3, -0.25) is 4.98 Å². The predicted octanol–water partition coefficient (Wildman–Crippen LogP) is 2.21. The summed E-state index contributed by atoms with van der Waals surface area (Å²) in [5.74, 6) is 1.92. The van der Waals surface area contributed by atoms with E-state index in [1.165, 1.54) is 0 Å². The van der Waals surface area contributed by atoms with E-state index in [1.807, 2.05) is 6.07 Å². The third kappa shape index (κ3) is 2.03. The highest BCUT2D eigenvalue weighted by Gasteiger charge is 2.19. The molecule has 0 aromatic carbocycles. The zero-order valence-electron chi connectivity index (χ0n) is 9.47. The quantitative estimate of drug-likeness (QED) is 0.786. The Labute approximate surface area is 105 Å². The van der Waals surface area contributed by atoms with E-state index < -0.39 is 0 Å². The minimum absolute atomic E-state index is 0.433. The Hall–Kier alpha value is -1.13. The maximum atomic E-state index is 5.95. The highest BCUT2D eigenvalue weighted by molar-refractivity contribution is 6.16. The molecule has 90 valence electrons. The molecule has 0 bridgehead atoms. The van der Waals surface area contributed by atoms with Crippen LogP contribution < -0.4 is 0 Å². The summed E-state index contributed by atoms with van der Waals surface area (Å²) in [6.07, 6.45) is 4.70. The molecule has 1 unspecified atom stereocenters. The first-order chi connectivity index (χ1) is 8.38. The lowest BCUT2D eigenvalue weighted by Gasteiger charge is -2.11. The Bertz CT molecular complexity index is 519. The summed E-state index contributed by atoms with van der Waals surface area (Å²) in [6, 6.07) is 1.99.